The number of hydrogen-bond acceptors (Lipinski definition) is 4. The molecule has 31 heavy (non-hydrogen) atoms. The Hall–Kier alpha value is -3.71. The molecule has 2 N–H and O–H groups in total. The average Bonchev–Trinajstić information content (AvgIpc) is 2.74. The van der Waals surface area contributed by atoms with E-state index in [0.29, 0.717) is 27.6 Å². The van der Waals surface area contributed by atoms with Crippen LogP contribution >= 0.6 is 11.6 Å². The van der Waals surface area contributed by atoms with E-state index in [4.69, 9.17) is 16.3 Å². The fourth-order valence-corrected chi connectivity index (χ4v) is 2.81. The van der Waals surface area contributed by atoms with E-state index in [1.165, 1.54) is 25.3 Å². The number of halogens is 2. The normalized spacial score (nSPS) is 10.7. The van der Waals surface area contributed by atoms with E-state index in [9.17, 15) is 14.0 Å². The van der Waals surface area contributed by atoms with Crippen molar-refractivity contribution in [2.24, 2.45) is 5.10 Å². The highest BCUT2D eigenvalue weighted by Crippen LogP contribution is 2.22. The molecule has 3 aromatic carbocycles. The van der Waals surface area contributed by atoms with Gasteiger partial charge in [0, 0.05) is 28.8 Å². The summed E-state index contributed by atoms with van der Waals surface area (Å²) >= 11 is 6.06. The van der Waals surface area contributed by atoms with Gasteiger partial charge in [-0.15, -0.1) is 0 Å². The van der Waals surface area contributed by atoms with Crippen molar-refractivity contribution in [3.05, 3.63) is 94.3 Å². The Morgan fingerprint density at radius 2 is 1.77 bits per heavy atom. The second kappa shape index (κ2) is 10.4. The third-order valence-corrected chi connectivity index (χ3v) is 4.35. The zero-order valence-corrected chi connectivity index (χ0v) is 17.3. The van der Waals surface area contributed by atoms with Crippen LogP contribution in [0.5, 0.6) is 5.75 Å². The van der Waals surface area contributed by atoms with Gasteiger partial charge in [0.05, 0.1) is 6.21 Å². The Kier molecular flexibility index (Phi) is 7.35. The molecule has 0 aromatic heterocycles. The van der Waals surface area contributed by atoms with Crippen LogP contribution in [0.4, 0.5) is 10.1 Å². The summed E-state index contributed by atoms with van der Waals surface area (Å²) in [6, 6.07) is 17.4. The van der Waals surface area contributed by atoms with Crippen molar-refractivity contribution in [1.82, 2.24) is 5.43 Å². The summed E-state index contributed by atoms with van der Waals surface area (Å²) in [5.74, 6) is -0.419. The standard InChI is InChI=1S/C23H19ClFN3O3/c1-15(29)27-21-9-4-17(5-10-21)23(30)28-26-13-18-12-19(24)6-11-22(18)31-14-16-2-7-20(25)8-3-16/h2-13H,14H2,1H3,(H,27,29)(H,28,30). The van der Waals surface area contributed by atoms with Gasteiger partial charge >= 0.3 is 0 Å². The summed E-state index contributed by atoms with van der Waals surface area (Å²) < 4.78 is 18.8. The molecule has 0 unspecified atom stereocenters. The molecule has 0 radical (unpaired) electrons. The summed E-state index contributed by atoms with van der Waals surface area (Å²) in [5.41, 5.74) is 4.78. The van der Waals surface area contributed by atoms with Crippen LogP contribution < -0.4 is 15.5 Å². The monoisotopic (exact) mass is 439 g/mol. The summed E-state index contributed by atoms with van der Waals surface area (Å²) in [7, 11) is 0. The van der Waals surface area contributed by atoms with Crippen molar-refractivity contribution < 1.29 is 18.7 Å². The van der Waals surface area contributed by atoms with Gasteiger partial charge in [-0.3, -0.25) is 9.59 Å². The predicted octanol–water partition coefficient (Wildman–Crippen LogP) is 4.78. The van der Waals surface area contributed by atoms with Gasteiger partial charge in [0.2, 0.25) is 5.91 Å². The van der Waals surface area contributed by atoms with Gasteiger partial charge in [0.1, 0.15) is 18.2 Å². The largest absolute Gasteiger partial charge is 0.488 e. The molecule has 0 spiro atoms. The second-order valence-corrected chi connectivity index (χ2v) is 6.99. The lowest BCUT2D eigenvalue weighted by atomic mass is 10.2. The van der Waals surface area contributed by atoms with E-state index in [2.05, 4.69) is 15.8 Å². The molecule has 0 saturated heterocycles. The van der Waals surface area contributed by atoms with E-state index < -0.39 is 5.91 Å². The molecule has 0 aliphatic rings. The first-order valence-corrected chi connectivity index (χ1v) is 9.66. The lowest BCUT2D eigenvalue weighted by molar-refractivity contribution is -0.114. The van der Waals surface area contributed by atoms with Crippen LogP contribution in [-0.2, 0) is 11.4 Å². The van der Waals surface area contributed by atoms with Crippen LogP contribution in [0.3, 0.4) is 0 Å². The highest BCUT2D eigenvalue weighted by atomic mass is 35.5. The minimum atomic E-state index is -0.415. The summed E-state index contributed by atoms with van der Waals surface area (Å²) in [5, 5.41) is 7.08. The number of nitrogens with zero attached hydrogens (tertiary/aromatic N) is 1. The smallest absolute Gasteiger partial charge is 0.271 e. The number of carbonyl (C=O) groups is 2. The van der Waals surface area contributed by atoms with Crippen LogP contribution in [0.1, 0.15) is 28.4 Å². The first-order chi connectivity index (χ1) is 14.9. The van der Waals surface area contributed by atoms with Crippen molar-refractivity contribution in [2.75, 3.05) is 5.32 Å². The second-order valence-electron chi connectivity index (χ2n) is 6.55. The fraction of sp³-hybridized carbons (Fsp3) is 0.0870. The number of nitrogens with one attached hydrogen (secondary N) is 2. The SMILES string of the molecule is CC(=O)Nc1ccc(C(=O)NN=Cc2cc(Cl)ccc2OCc2ccc(F)cc2)cc1. The molecular formula is C23H19ClFN3O3. The molecule has 8 heteroatoms. The van der Waals surface area contributed by atoms with E-state index >= 15 is 0 Å². The van der Waals surface area contributed by atoms with E-state index in [1.807, 2.05) is 0 Å². The van der Waals surface area contributed by atoms with Gasteiger partial charge in [-0.25, -0.2) is 9.82 Å². The summed E-state index contributed by atoms with van der Waals surface area (Å²) in [6.07, 6.45) is 1.43. The number of amides is 2. The topological polar surface area (TPSA) is 79.8 Å². The van der Waals surface area contributed by atoms with Gasteiger partial charge in [-0.05, 0) is 60.2 Å². The van der Waals surface area contributed by atoms with Gasteiger partial charge < -0.3 is 10.1 Å². The van der Waals surface area contributed by atoms with E-state index in [0.717, 1.165) is 5.56 Å². The molecular weight excluding hydrogens is 421 g/mol. The van der Waals surface area contributed by atoms with Crippen molar-refractivity contribution in [3.8, 4) is 5.75 Å². The number of carbonyl (C=O) groups excluding carboxylic acids is 2. The van der Waals surface area contributed by atoms with Crippen molar-refractivity contribution in [1.29, 1.82) is 0 Å². The molecule has 0 aliphatic carbocycles. The Morgan fingerprint density at radius 1 is 1.06 bits per heavy atom. The number of rotatable bonds is 7. The Balaban J connectivity index is 1.64. The van der Waals surface area contributed by atoms with Crippen LogP contribution in [0.2, 0.25) is 5.02 Å². The molecule has 3 aromatic rings. The lowest BCUT2D eigenvalue weighted by Gasteiger charge is -2.10. The fourth-order valence-electron chi connectivity index (χ4n) is 2.63. The molecule has 0 saturated carbocycles. The maximum Gasteiger partial charge on any atom is 0.271 e. The first-order valence-electron chi connectivity index (χ1n) is 9.28. The highest BCUT2D eigenvalue weighted by Gasteiger charge is 2.07. The molecule has 0 bridgehead atoms. The van der Waals surface area contributed by atoms with Gasteiger partial charge in [-0.2, -0.15) is 5.10 Å². The molecule has 158 valence electrons. The number of ether oxygens (including phenoxy) is 1. The van der Waals surface area contributed by atoms with E-state index in [1.54, 1.807) is 54.6 Å². The molecule has 6 nitrogen and oxygen atoms in total. The summed E-state index contributed by atoms with van der Waals surface area (Å²) in [6.45, 7) is 1.64. The van der Waals surface area contributed by atoms with Gasteiger partial charge in [-0.1, -0.05) is 23.7 Å². The average molecular weight is 440 g/mol. The van der Waals surface area contributed by atoms with Crippen LogP contribution in [0.15, 0.2) is 71.8 Å². The maximum atomic E-state index is 13.0. The lowest BCUT2D eigenvalue weighted by Crippen LogP contribution is -2.17. The Labute approximate surface area is 183 Å². The quantitative estimate of drug-likeness (QED) is 0.410. The van der Waals surface area contributed by atoms with Crippen molar-refractivity contribution >= 4 is 35.3 Å². The Morgan fingerprint density at radius 3 is 2.45 bits per heavy atom. The van der Waals surface area contributed by atoms with Crippen LogP contribution in [-0.4, -0.2) is 18.0 Å². The third-order valence-electron chi connectivity index (χ3n) is 4.12. The highest BCUT2D eigenvalue weighted by molar-refractivity contribution is 6.30. The van der Waals surface area contributed by atoms with E-state index in [-0.39, 0.29) is 18.3 Å². The molecule has 0 heterocycles. The number of hydrogen-bond donors (Lipinski definition) is 2. The molecule has 0 atom stereocenters. The zero-order chi connectivity index (χ0) is 22.2. The number of anilines is 1. The Bertz CT molecular complexity index is 1100. The van der Waals surface area contributed by atoms with Crippen molar-refractivity contribution in [2.45, 2.75) is 13.5 Å². The zero-order valence-electron chi connectivity index (χ0n) is 16.6. The minimum absolute atomic E-state index is 0.194. The van der Waals surface area contributed by atoms with Gasteiger partial charge in [0.15, 0.2) is 0 Å². The first kappa shape index (κ1) is 22.0. The minimum Gasteiger partial charge on any atom is -0.488 e. The van der Waals surface area contributed by atoms with Crippen LogP contribution in [0.25, 0.3) is 0 Å². The number of benzene rings is 3. The summed E-state index contributed by atoms with van der Waals surface area (Å²) in [4.78, 5) is 23.3. The molecule has 2 amide bonds. The number of hydrazone groups is 1. The van der Waals surface area contributed by atoms with Crippen LogP contribution in [0, 0.1) is 5.82 Å². The molecule has 0 fully saturated rings. The molecule has 3 rings (SSSR count). The maximum absolute atomic E-state index is 13.0. The molecule has 0 aliphatic heterocycles. The van der Waals surface area contributed by atoms with Crippen molar-refractivity contribution in [3.63, 3.8) is 0 Å². The van der Waals surface area contributed by atoms with Gasteiger partial charge in [0.25, 0.3) is 5.91 Å². The third kappa shape index (κ3) is 6.65. The predicted molar refractivity (Wildman–Crippen MR) is 118 cm³/mol.